The Hall–Kier alpha value is -2.24. The van der Waals surface area contributed by atoms with Crippen molar-refractivity contribution in [2.45, 2.75) is 13.5 Å². The molecule has 2 heterocycles. The van der Waals surface area contributed by atoms with Crippen LogP contribution in [0.4, 0.5) is 11.5 Å². The minimum Gasteiger partial charge on any atom is -0.476 e. The quantitative estimate of drug-likeness (QED) is 0.835. The number of nitrogens with zero attached hydrogens (tertiary/aromatic N) is 3. The number of nitrogens with two attached hydrogens (primary N) is 1. The van der Waals surface area contributed by atoms with Gasteiger partial charge >= 0.3 is 0 Å². The van der Waals surface area contributed by atoms with Crippen molar-refractivity contribution in [2.24, 2.45) is 7.05 Å². The number of imidazole rings is 1. The van der Waals surface area contributed by atoms with Gasteiger partial charge in [0.25, 0.3) is 0 Å². The monoisotopic (exact) mass is 247 g/mol. The molecule has 0 fully saturated rings. The van der Waals surface area contributed by atoms with Gasteiger partial charge in [-0.05, 0) is 19.1 Å². The fraction of sp³-hybridized carbons (Fsp3) is 0.333. The highest BCUT2D eigenvalue weighted by Gasteiger charge is 2.04. The van der Waals surface area contributed by atoms with Crippen LogP contribution in [-0.2, 0) is 13.6 Å². The smallest absolute Gasteiger partial charge is 0.239 e. The summed E-state index contributed by atoms with van der Waals surface area (Å²) in [5.74, 6) is 2.12. The number of ether oxygens (including phenoxy) is 1. The lowest BCUT2D eigenvalue weighted by atomic mass is 10.4. The Morgan fingerprint density at radius 3 is 2.94 bits per heavy atom. The third-order valence-electron chi connectivity index (χ3n) is 2.52. The largest absolute Gasteiger partial charge is 0.476 e. The Balaban J connectivity index is 2.05. The molecule has 0 aromatic carbocycles. The predicted molar refractivity (Wildman–Crippen MR) is 70.4 cm³/mol. The van der Waals surface area contributed by atoms with Crippen LogP contribution in [-0.4, -0.2) is 21.1 Å². The molecule has 0 unspecified atom stereocenters. The second kappa shape index (κ2) is 5.39. The van der Waals surface area contributed by atoms with Gasteiger partial charge in [0, 0.05) is 19.4 Å². The third-order valence-corrected chi connectivity index (χ3v) is 2.52. The second-order valence-electron chi connectivity index (χ2n) is 3.83. The van der Waals surface area contributed by atoms with Crippen LogP contribution in [0.3, 0.4) is 0 Å². The first-order valence-corrected chi connectivity index (χ1v) is 5.80. The standard InChI is InChI=1S/C12H17N5O/c1-3-18-12-9(13)4-5-10(16-12)15-8-11-14-6-7-17(11)2/h4-7H,3,8,13H2,1-2H3,(H,15,16). The maximum absolute atomic E-state index is 5.76. The molecule has 0 saturated carbocycles. The number of hydrogen-bond donors (Lipinski definition) is 2. The van der Waals surface area contributed by atoms with E-state index in [1.54, 1.807) is 12.3 Å². The minimum absolute atomic E-state index is 0.461. The Kier molecular flexibility index (Phi) is 3.66. The van der Waals surface area contributed by atoms with Crippen LogP contribution in [0.2, 0.25) is 0 Å². The van der Waals surface area contributed by atoms with Gasteiger partial charge in [-0.3, -0.25) is 0 Å². The van der Waals surface area contributed by atoms with E-state index >= 15 is 0 Å². The van der Waals surface area contributed by atoms with Gasteiger partial charge in [0.2, 0.25) is 5.88 Å². The van der Waals surface area contributed by atoms with E-state index in [0.717, 1.165) is 11.6 Å². The summed E-state index contributed by atoms with van der Waals surface area (Å²) >= 11 is 0. The van der Waals surface area contributed by atoms with Crippen LogP contribution in [0.25, 0.3) is 0 Å². The van der Waals surface area contributed by atoms with Crippen LogP contribution in [0.1, 0.15) is 12.7 Å². The normalized spacial score (nSPS) is 10.3. The first kappa shape index (κ1) is 12.2. The van der Waals surface area contributed by atoms with Crippen LogP contribution < -0.4 is 15.8 Å². The average molecular weight is 247 g/mol. The van der Waals surface area contributed by atoms with Crippen molar-refractivity contribution in [3.63, 3.8) is 0 Å². The van der Waals surface area contributed by atoms with Gasteiger partial charge in [-0.25, -0.2) is 4.98 Å². The van der Waals surface area contributed by atoms with E-state index in [1.165, 1.54) is 0 Å². The van der Waals surface area contributed by atoms with Crippen molar-refractivity contribution in [3.8, 4) is 5.88 Å². The zero-order chi connectivity index (χ0) is 13.0. The summed E-state index contributed by atoms with van der Waals surface area (Å²) in [4.78, 5) is 8.52. The SMILES string of the molecule is CCOc1nc(NCc2nccn2C)ccc1N. The predicted octanol–water partition coefficient (Wildman–Crippen LogP) is 1.41. The molecule has 0 aliphatic carbocycles. The van der Waals surface area contributed by atoms with Gasteiger partial charge in [0.1, 0.15) is 11.6 Å². The van der Waals surface area contributed by atoms with Gasteiger partial charge < -0.3 is 20.4 Å². The molecule has 3 N–H and O–H groups in total. The molecule has 96 valence electrons. The molecule has 0 spiro atoms. The number of hydrogen-bond acceptors (Lipinski definition) is 5. The van der Waals surface area contributed by atoms with Crippen molar-refractivity contribution in [3.05, 3.63) is 30.4 Å². The minimum atomic E-state index is 0.461. The van der Waals surface area contributed by atoms with Crippen LogP contribution in [0.5, 0.6) is 5.88 Å². The molecule has 0 radical (unpaired) electrons. The lowest BCUT2D eigenvalue weighted by molar-refractivity contribution is 0.329. The average Bonchev–Trinajstić information content (AvgIpc) is 2.76. The van der Waals surface area contributed by atoms with E-state index in [4.69, 9.17) is 10.5 Å². The van der Waals surface area contributed by atoms with Crippen molar-refractivity contribution in [1.29, 1.82) is 0 Å². The Morgan fingerprint density at radius 2 is 2.28 bits per heavy atom. The fourth-order valence-corrected chi connectivity index (χ4v) is 1.54. The number of rotatable bonds is 5. The number of pyridine rings is 1. The van der Waals surface area contributed by atoms with Gasteiger partial charge in [-0.1, -0.05) is 0 Å². The van der Waals surface area contributed by atoms with Crippen molar-refractivity contribution < 1.29 is 4.74 Å². The van der Waals surface area contributed by atoms with Gasteiger partial charge in [0.15, 0.2) is 0 Å². The van der Waals surface area contributed by atoms with Gasteiger partial charge in [-0.2, -0.15) is 4.98 Å². The number of anilines is 2. The second-order valence-corrected chi connectivity index (χ2v) is 3.83. The summed E-state index contributed by atoms with van der Waals surface area (Å²) in [6, 6.07) is 3.60. The molecule has 2 aromatic rings. The highest BCUT2D eigenvalue weighted by molar-refractivity contribution is 5.53. The maximum Gasteiger partial charge on any atom is 0.239 e. The lowest BCUT2D eigenvalue weighted by Crippen LogP contribution is -2.08. The van der Waals surface area contributed by atoms with Crippen LogP contribution in [0.15, 0.2) is 24.5 Å². The zero-order valence-corrected chi connectivity index (χ0v) is 10.6. The number of aryl methyl sites for hydroxylation is 1. The van der Waals surface area contributed by atoms with Crippen LogP contribution >= 0.6 is 0 Å². The first-order valence-electron chi connectivity index (χ1n) is 5.80. The molecule has 18 heavy (non-hydrogen) atoms. The first-order chi connectivity index (χ1) is 8.70. The van der Waals surface area contributed by atoms with Crippen LogP contribution in [0, 0.1) is 0 Å². The highest BCUT2D eigenvalue weighted by Crippen LogP contribution is 2.20. The van der Waals surface area contributed by atoms with Crippen molar-refractivity contribution in [2.75, 3.05) is 17.7 Å². The summed E-state index contributed by atoms with van der Waals surface area (Å²) in [5.41, 5.74) is 6.30. The summed E-state index contributed by atoms with van der Waals surface area (Å²) < 4.78 is 7.29. The van der Waals surface area contributed by atoms with Gasteiger partial charge in [-0.15, -0.1) is 0 Å². The molecule has 0 atom stereocenters. The number of nitrogen functional groups attached to an aromatic ring is 1. The molecule has 6 nitrogen and oxygen atoms in total. The molecule has 0 amide bonds. The molecule has 0 aliphatic heterocycles. The van der Waals surface area contributed by atoms with Gasteiger partial charge in [0.05, 0.1) is 18.8 Å². The van der Waals surface area contributed by atoms with E-state index in [-0.39, 0.29) is 0 Å². The molecule has 0 aliphatic rings. The van der Waals surface area contributed by atoms with E-state index in [2.05, 4.69) is 15.3 Å². The van der Waals surface area contributed by atoms with Crippen molar-refractivity contribution >= 4 is 11.5 Å². The molecular weight excluding hydrogens is 230 g/mol. The summed E-state index contributed by atoms with van der Waals surface area (Å²) in [5, 5.41) is 3.18. The molecule has 2 aromatic heterocycles. The van der Waals surface area contributed by atoms with E-state index in [0.29, 0.717) is 24.7 Å². The summed E-state index contributed by atoms with van der Waals surface area (Å²) in [7, 11) is 1.95. The third kappa shape index (κ3) is 2.71. The number of nitrogens with one attached hydrogen (secondary N) is 1. The summed E-state index contributed by atoms with van der Waals surface area (Å²) in [6.07, 6.45) is 3.66. The summed E-state index contributed by atoms with van der Waals surface area (Å²) in [6.45, 7) is 3.04. The topological polar surface area (TPSA) is 78.0 Å². The zero-order valence-electron chi connectivity index (χ0n) is 10.6. The molecule has 2 rings (SSSR count). The van der Waals surface area contributed by atoms with E-state index in [1.807, 2.05) is 30.8 Å². The Bertz CT molecular complexity index is 523. The highest BCUT2D eigenvalue weighted by atomic mass is 16.5. The lowest BCUT2D eigenvalue weighted by Gasteiger charge is -2.09. The molecule has 0 bridgehead atoms. The molecule has 6 heteroatoms. The number of aromatic nitrogens is 3. The maximum atomic E-state index is 5.76. The Labute approximate surface area is 106 Å². The van der Waals surface area contributed by atoms with E-state index in [9.17, 15) is 0 Å². The molecule has 0 saturated heterocycles. The Morgan fingerprint density at radius 1 is 1.44 bits per heavy atom. The molecular formula is C12H17N5O. The fourth-order valence-electron chi connectivity index (χ4n) is 1.54. The van der Waals surface area contributed by atoms with Crippen molar-refractivity contribution in [1.82, 2.24) is 14.5 Å². The van der Waals surface area contributed by atoms with E-state index < -0.39 is 0 Å².